The van der Waals surface area contributed by atoms with Gasteiger partial charge in [0, 0.05) is 64.2 Å². The van der Waals surface area contributed by atoms with Gasteiger partial charge in [0.15, 0.2) is 0 Å². The van der Waals surface area contributed by atoms with Crippen molar-refractivity contribution in [2.24, 2.45) is 12.5 Å². The predicted molar refractivity (Wildman–Crippen MR) is 91.7 cm³/mol. The van der Waals surface area contributed by atoms with Crippen molar-refractivity contribution in [2.75, 3.05) is 44.2 Å². The lowest BCUT2D eigenvalue weighted by Gasteiger charge is -2.52. The number of rotatable bonds is 4. The van der Waals surface area contributed by atoms with Crippen molar-refractivity contribution in [1.82, 2.24) is 14.5 Å². The molecule has 2 saturated heterocycles. The zero-order valence-electron chi connectivity index (χ0n) is 14.4. The third-order valence-corrected chi connectivity index (χ3v) is 6.20. The van der Waals surface area contributed by atoms with Gasteiger partial charge in [-0.2, -0.15) is 0 Å². The number of hydrogen-bond donors (Lipinski definition) is 0. The Morgan fingerprint density at radius 3 is 2.57 bits per heavy atom. The van der Waals surface area contributed by atoms with Crippen molar-refractivity contribution < 1.29 is 4.74 Å². The van der Waals surface area contributed by atoms with Crippen LogP contribution in [0.5, 0.6) is 0 Å². The van der Waals surface area contributed by atoms with Crippen LogP contribution in [0.3, 0.4) is 0 Å². The van der Waals surface area contributed by atoms with Gasteiger partial charge in [0.25, 0.3) is 0 Å². The van der Waals surface area contributed by atoms with Crippen molar-refractivity contribution in [3.8, 4) is 0 Å². The average molecular weight is 318 g/mol. The summed E-state index contributed by atoms with van der Waals surface area (Å²) in [4.78, 5) is 9.59. The lowest BCUT2D eigenvalue weighted by Crippen LogP contribution is -2.56. The Balaban J connectivity index is 1.34. The van der Waals surface area contributed by atoms with Crippen LogP contribution < -0.4 is 4.90 Å². The number of piperazine rings is 1. The minimum Gasteiger partial charge on any atom is -0.378 e. The fourth-order valence-electron chi connectivity index (χ4n) is 4.65. The van der Waals surface area contributed by atoms with Gasteiger partial charge in [-0.15, -0.1) is 0 Å². The molecular weight excluding hydrogens is 288 g/mol. The number of aromatic nitrogens is 2. The van der Waals surface area contributed by atoms with E-state index in [9.17, 15) is 0 Å². The Hall–Kier alpha value is -1.07. The molecule has 1 aliphatic carbocycles. The van der Waals surface area contributed by atoms with Crippen molar-refractivity contribution in [3.63, 3.8) is 0 Å². The fourth-order valence-corrected chi connectivity index (χ4v) is 4.65. The van der Waals surface area contributed by atoms with E-state index in [-0.39, 0.29) is 0 Å². The first-order chi connectivity index (χ1) is 11.3. The van der Waals surface area contributed by atoms with E-state index < -0.39 is 0 Å². The molecule has 0 bridgehead atoms. The van der Waals surface area contributed by atoms with Crippen molar-refractivity contribution in [1.29, 1.82) is 0 Å². The van der Waals surface area contributed by atoms with Crippen LogP contribution in [-0.2, 0) is 11.8 Å². The SMILES string of the molecule is Cn1ccnc1N1CCN(CC2(C3CCCCO3)CCC2)CC1. The minimum absolute atomic E-state index is 0.464. The van der Waals surface area contributed by atoms with E-state index in [2.05, 4.69) is 26.4 Å². The average Bonchev–Trinajstić information content (AvgIpc) is 2.98. The molecule has 1 saturated carbocycles. The number of imidazole rings is 1. The smallest absolute Gasteiger partial charge is 0.205 e. The first-order valence-electron chi connectivity index (χ1n) is 9.33. The van der Waals surface area contributed by atoms with Crippen molar-refractivity contribution >= 4 is 5.95 Å². The summed E-state index contributed by atoms with van der Waals surface area (Å²) >= 11 is 0. The van der Waals surface area contributed by atoms with E-state index in [4.69, 9.17) is 4.74 Å². The molecule has 1 aromatic heterocycles. The Labute approximate surface area is 139 Å². The summed E-state index contributed by atoms with van der Waals surface area (Å²) < 4.78 is 8.30. The van der Waals surface area contributed by atoms with E-state index >= 15 is 0 Å². The molecular formula is C18H30N4O. The molecule has 0 aromatic carbocycles. The number of ether oxygens (including phenoxy) is 1. The highest BCUT2D eigenvalue weighted by Crippen LogP contribution is 2.48. The quantitative estimate of drug-likeness (QED) is 0.853. The lowest BCUT2D eigenvalue weighted by atomic mass is 9.63. The van der Waals surface area contributed by atoms with E-state index in [0.717, 1.165) is 38.7 Å². The minimum atomic E-state index is 0.464. The Bertz CT molecular complexity index is 511. The molecule has 5 heteroatoms. The normalized spacial score (nSPS) is 28.6. The molecule has 3 aliphatic rings. The Morgan fingerprint density at radius 2 is 2.00 bits per heavy atom. The second kappa shape index (κ2) is 6.44. The second-order valence-electron chi connectivity index (χ2n) is 7.67. The van der Waals surface area contributed by atoms with Gasteiger partial charge in [-0.05, 0) is 32.1 Å². The van der Waals surface area contributed by atoms with E-state index in [1.54, 1.807) is 0 Å². The van der Waals surface area contributed by atoms with Gasteiger partial charge in [0.05, 0.1) is 6.10 Å². The molecule has 4 rings (SSSR count). The van der Waals surface area contributed by atoms with Gasteiger partial charge in [0.2, 0.25) is 5.95 Å². The van der Waals surface area contributed by atoms with Crippen LogP contribution in [0, 0.1) is 5.41 Å². The third-order valence-electron chi connectivity index (χ3n) is 6.20. The van der Waals surface area contributed by atoms with E-state index in [0.29, 0.717) is 11.5 Å². The molecule has 1 unspecified atom stereocenters. The molecule has 3 fully saturated rings. The number of hydrogen-bond acceptors (Lipinski definition) is 4. The van der Waals surface area contributed by atoms with Crippen molar-refractivity contribution in [3.05, 3.63) is 12.4 Å². The third kappa shape index (κ3) is 3.01. The van der Waals surface area contributed by atoms with Gasteiger partial charge in [-0.25, -0.2) is 4.98 Å². The highest BCUT2D eigenvalue weighted by molar-refractivity contribution is 5.31. The van der Waals surface area contributed by atoms with Crippen LogP contribution in [0.4, 0.5) is 5.95 Å². The van der Waals surface area contributed by atoms with Crippen LogP contribution in [-0.4, -0.2) is 59.9 Å². The van der Waals surface area contributed by atoms with Gasteiger partial charge in [-0.3, -0.25) is 4.90 Å². The molecule has 128 valence electrons. The summed E-state index contributed by atoms with van der Waals surface area (Å²) in [6.45, 7) is 6.72. The highest BCUT2D eigenvalue weighted by Gasteiger charge is 2.46. The summed E-state index contributed by atoms with van der Waals surface area (Å²) in [5.74, 6) is 1.11. The Kier molecular flexibility index (Phi) is 4.33. The molecule has 1 atom stereocenters. The maximum atomic E-state index is 6.17. The number of aryl methyl sites for hydroxylation is 1. The number of nitrogens with zero attached hydrogens (tertiary/aromatic N) is 4. The zero-order chi connectivity index (χ0) is 15.7. The maximum Gasteiger partial charge on any atom is 0.205 e. The first-order valence-corrected chi connectivity index (χ1v) is 9.33. The molecule has 23 heavy (non-hydrogen) atoms. The van der Waals surface area contributed by atoms with Crippen LogP contribution in [0.2, 0.25) is 0 Å². The standard InChI is InChI=1S/C18H30N4O/c1-20-9-8-19-17(20)22-12-10-21(11-13-22)15-18(6-4-7-18)16-5-2-3-14-23-16/h8-9,16H,2-7,10-15H2,1H3. The molecule has 0 N–H and O–H groups in total. The van der Waals surface area contributed by atoms with E-state index in [1.807, 2.05) is 12.4 Å². The lowest BCUT2D eigenvalue weighted by molar-refractivity contribution is -0.116. The number of anilines is 1. The van der Waals surface area contributed by atoms with Crippen LogP contribution in [0.15, 0.2) is 12.4 Å². The summed E-state index contributed by atoms with van der Waals surface area (Å²) in [6.07, 6.45) is 12.5. The fraction of sp³-hybridized carbons (Fsp3) is 0.833. The molecule has 2 aliphatic heterocycles. The second-order valence-corrected chi connectivity index (χ2v) is 7.67. The monoisotopic (exact) mass is 318 g/mol. The first kappa shape index (κ1) is 15.5. The largest absolute Gasteiger partial charge is 0.378 e. The Morgan fingerprint density at radius 1 is 1.17 bits per heavy atom. The molecule has 0 spiro atoms. The zero-order valence-corrected chi connectivity index (χ0v) is 14.4. The van der Waals surface area contributed by atoms with Crippen LogP contribution in [0.1, 0.15) is 38.5 Å². The van der Waals surface area contributed by atoms with Gasteiger partial charge >= 0.3 is 0 Å². The van der Waals surface area contributed by atoms with Gasteiger partial charge in [0.1, 0.15) is 0 Å². The summed E-state index contributed by atoms with van der Waals surface area (Å²) in [5.41, 5.74) is 0.464. The molecule has 3 heterocycles. The summed E-state index contributed by atoms with van der Waals surface area (Å²) in [7, 11) is 2.08. The summed E-state index contributed by atoms with van der Waals surface area (Å²) in [5, 5.41) is 0. The van der Waals surface area contributed by atoms with Crippen LogP contribution in [0.25, 0.3) is 0 Å². The van der Waals surface area contributed by atoms with Crippen LogP contribution >= 0.6 is 0 Å². The molecule has 0 amide bonds. The topological polar surface area (TPSA) is 33.5 Å². The maximum absolute atomic E-state index is 6.17. The molecule has 0 radical (unpaired) electrons. The predicted octanol–water partition coefficient (Wildman–Crippen LogP) is 2.28. The highest BCUT2D eigenvalue weighted by atomic mass is 16.5. The molecule has 5 nitrogen and oxygen atoms in total. The molecule has 1 aromatic rings. The van der Waals surface area contributed by atoms with Gasteiger partial charge < -0.3 is 14.2 Å². The van der Waals surface area contributed by atoms with E-state index in [1.165, 1.54) is 45.1 Å². The van der Waals surface area contributed by atoms with Crippen molar-refractivity contribution in [2.45, 2.75) is 44.6 Å². The van der Waals surface area contributed by atoms with Gasteiger partial charge in [-0.1, -0.05) is 6.42 Å². The summed E-state index contributed by atoms with van der Waals surface area (Å²) in [6, 6.07) is 0.